The summed E-state index contributed by atoms with van der Waals surface area (Å²) < 4.78 is 0. The summed E-state index contributed by atoms with van der Waals surface area (Å²) in [5.74, 6) is 0.765. The molecule has 140 valence electrons. The number of aromatic nitrogens is 2. The lowest BCUT2D eigenvalue weighted by Crippen LogP contribution is -3.14. The maximum absolute atomic E-state index is 12.4. The molecule has 27 heavy (non-hydrogen) atoms. The van der Waals surface area contributed by atoms with Gasteiger partial charge in [-0.1, -0.05) is 29.8 Å². The highest BCUT2D eigenvalue weighted by atomic mass is 35.5. The quantitative estimate of drug-likeness (QED) is 0.730. The largest absolute Gasteiger partial charge is 0.360 e. The lowest BCUT2D eigenvalue weighted by Gasteiger charge is -2.36. The van der Waals surface area contributed by atoms with E-state index in [1.807, 2.05) is 36.4 Å². The van der Waals surface area contributed by atoms with Crippen molar-refractivity contribution in [3.8, 4) is 0 Å². The highest BCUT2D eigenvalue weighted by Gasteiger charge is 2.28. The van der Waals surface area contributed by atoms with E-state index in [4.69, 9.17) is 16.6 Å². The lowest BCUT2D eigenvalue weighted by molar-refractivity contribution is -0.930. The Labute approximate surface area is 163 Å². The number of aryl methyl sites for hydroxylation is 1. The average molecular weight is 384 g/mol. The van der Waals surface area contributed by atoms with Crippen molar-refractivity contribution in [3.63, 3.8) is 0 Å². The molecule has 3 aromatic rings. The number of nitrogens with one attached hydrogen (secondary N) is 2. The monoisotopic (exact) mass is 383 g/mol. The molecule has 1 aliphatic rings. The van der Waals surface area contributed by atoms with Crippen molar-refractivity contribution in [2.45, 2.75) is 19.9 Å². The van der Waals surface area contributed by atoms with Gasteiger partial charge in [-0.25, -0.2) is 4.98 Å². The molecule has 2 N–H and O–H groups in total. The Kier molecular flexibility index (Phi) is 4.89. The van der Waals surface area contributed by atoms with Crippen molar-refractivity contribution < 1.29 is 4.90 Å². The van der Waals surface area contributed by atoms with Crippen LogP contribution in [0.3, 0.4) is 0 Å². The van der Waals surface area contributed by atoms with Gasteiger partial charge in [-0.3, -0.25) is 4.79 Å². The third-order valence-electron chi connectivity index (χ3n) is 5.57. The zero-order chi connectivity index (χ0) is 19.0. The topological polar surface area (TPSA) is 53.4 Å². The molecule has 1 fully saturated rings. The SMILES string of the molecule is Cc1ccc(Cl)cc1N1CC[NH+]([C@@H](C)c2nc3ccccc3c(=O)[nH]2)CC1. The molecule has 1 saturated heterocycles. The standard InChI is InChI=1S/C21H23ClN4O/c1-14-7-8-16(22)13-19(14)26-11-9-25(10-12-26)15(2)20-23-18-6-4-3-5-17(18)21(27)24-20/h3-8,13,15H,9-12H2,1-2H3,(H,23,24,27)/p+1/t15-/m0/s1. The van der Waals surface area contributed by atoms with Gasteiger partial charge >= 0.3 is 0 Å². The van der Waals surface area contributed by atoms with Crippen molar-refractivity contribution in [3.05, 3.63) is 69.2 Å². The first-order valence-corrected chi connectivity index (χ1v) is 9.75. The second kappa shape index (κ2) is 7.33. The van der Waals surface area contributed by atoms with Crippen LogP contribution in [0.4, 0.5) is 5.69 Å². The zero-order valence-corrected chi connectivity index (χ0v) is 16.4. The van der Waals surface area contributed by atoms with Gasteiger partial charge in [-0.2, -0.15) is 0 Å². The van der Waals surface area contributed by atoms with Crippen LogP contribution in [0.5, 0.6) is 0 Å². The van der Waals surface area contributed by atoms with Gasteiger partial charge in [0.2, 0.25) is 0 Å². The van der Waals surface area contributed by atoms with Crippen molar-refractivity contribution in [1.29, 1.82) is 0 Å². The number of para-hydroxylation sites is 1. The fourth-order valence-corrected chi connectivity index (χ4v) is 4.06. The van der Waals surface area contributed by atoms with E-state index in [1.54, 1.807) is 0 Å². The summed E-state index contributed by atoms with van der Waals surface area (Å²) in [5, 5.41) is 1.42. The first kappa shape index (κ1) is 18.0. The van der Waals surface area contributed by atoms with Gasteiger partial charge in [0.15, 0.2) is 5.82 Å². The van der Waals surface area contributed by atoms with Crippen LogP contribution in [0.1, 0.15) is 24.4 Å². The highest BCUT2D eigenvalue weighted by molar-refractivity contribution is 6.30. The molecule has 1 aliphatic heterocycles. The van der Waals surface area contributed by atoms with E-state index in [-0.39, 0.29) is 11.6 Å². The van der Waals surface area contributed by atoms with E-state index in [2.05, 4.69) is 29.8 Å². The number of nitrogens with zero attached hydrogens (tertiary/aromatic N) is 2. The molecule has 0 unspecified atom stereocenters. The number of fused-ring (bicyclic) bond motifs is 1. The number of anilines is 1. The van der Waals surface area contributed by atoms with Gasteiger partial charge in [0.25, 0.3) is 5.56 Å². The Morgan fingerprint density at radius 2 is 1.93 bits per heavy atom. The van der Waals surface area contributed by atoms with E-state index in [1.165, 1.54) is 16.2 Å². The van der Waals surface area contributed by atoms with E-state index in [0.717, 1.165) is 42.5 Å². The number of piperazine rings is 1. The van der Waals surface area contributed by atoms with Crippen LogP contribution in [0.15, 0.2) is 47.3 Å². The molecule has 2 heterocycles. The summed E-state index contributed by atoms with van der Waals surface area (Å²) >= 11 is 6.18. The number of H-pyrrole nitrogens is 1. The van der Waals surface area contributed by atoms with Gasteiger partial charge in [0, 0.05) is 10.7 Å². The van der Waals surface area contributed by atoms with Crippen LogP contribution in [-0.2, 0) is 0 Å². The molecular formula is C21H24ClN4O+. The molecular weight excluding hydrogens is 360 g/mol. The van der Waals surface area contributed by atoms with Crippen molar-refractivity contribution in [2.24, 2.45) is 0 Å². The van der Waals surface area contributed by atoms with Gasteiger partial charge in [-0.05, 0) is 43.7 Å². The summed E-state index contributed by atoms with van der Waals surface area (Å²) in [6.45, 7) is 8.16. The zero-order valence-electron chi connectivity index (χ0n) is 15.6. The molecule has 0 amide bonds. The number of aromatic amines is 1. The molecule has 0 spiro atoms. The smallest absolute Gasteiger partial charge is 0.258 e. The van der Waals surface area contributed by atoms with Crippen LogP contribution < -0.4 is 15.4 Å². The van der Waals surface area contributed by atoms with Crippen molar-refractivity contribution in [1.82, 2.24) is 9.97 Å². The molecule has 2 aromatic carbocycles. The first-order valence-electron chi connectivity index (χ1n) is 9.37. The lowest BCUT2D eigenvalue weighted by atomic mass is 10.1. The summed E-state index contributed by atoms with van der Waals surface area (Å²) in [6, 6.07) is 13.7. The minimum atomic E-state index is -0.0601. The van der Waals surface area contributed by atoms with E-state index < -0.39 is 0 Å². The number of benzene rings is 2. The third-order valence-corrected chi connectivity index (χ3v) is 5.81. The molecule has 0 bridgehead atoms. The maximum Gasteiger partial charge on any atom is 0.258 e. The van der Waals surface area contributed by atoms with Crippen LogP contribution in [0, 0.1) is 6.92 Å². The van der Waals surface area contributed by atoms with Gasteiger partial charge in [0.05, 0.1) is 37.1 Å². The average Bonchev–Trinajstić information content (AvgIpc) is 2.69. The van der Waals surface area contributed by atoms with Gasteiger partial charge in [-0.15, -0.1) is 0 Å². The van der Waals surface area contributed by atoms with Gasteiger partial charge < -0.3 is 14.8 Å². The van der Waals surface area contributed by atoms with E-state index in [0.29, 0.717) is 5.39 Å². The normalized spacial score (nSPS) is 16.6. The summed E-state index contributed by atoms with van der Waals surface area (Å²) in [4.78, 5) is 23.9. The molecule has 0 aliphatic carbocycles. The predicted octanol–water partition coefficient (Wildman–Crippen LogP) is 2.35. The Morgan fingerprint density at radius 1 is 1.19 bits per heavy atom. The molecule has 1 aromatic heterocycles. The fraction of sp³-hybridized carbons (Fsp3) is 0.333. The van der Waals surface area contributed by atoms with E-state index >= 15 is 0 Å². The van der Waals surface area contributed by atoms with E-state index in [9.17, 15) is 4.79 Å². The number of rotatable bonds is 3. The Morgan fingerprint density at radius 3 is 2.70 bits per heavy atom. The number of halogens is 1. The minimum Gasteiger partial charge on any atom is -0.360 e. The van der Waals surface area contributed by atoms with Crippen LogP contribution in [-0.4, -0.2) is 36.1 Å². The molecule has 4 rings (SSSR count). The van der Waals surface area contributed by atoms with Gasteiger partial charge in [0.1, 0.15) is 6.04 Å². The number of hydrogen-bond donors (Lipinski definition) is 2. The summed E-state index contributed by atoms with van der Waals surface area (Å²) in [6.07, 6.45) is 0. The molecule has 0 radical (unpaired) electrons. The molecule has 5 nitrogen and oxygen atoms in total. The molecule has 0 saturated carbocycles. The van der Waals surface area contributed by atoms with Crippen molar-refractivity contribution >= 4 is 28.2 Å². The number of quaternary nitrogens is 1. The second-order valence-corrected chi connectivity index (χ2v) is 7.70. The molecule has 1 atom stereocenters. The predicted molar refractivity (Wildman–Crippen MR) is 110 cm³/mol. The Balaban J connectivity index is 1.51. The van der Waals surface area contributed by atoms with Crippen molar-refractivity contribution in [2.75, 3.05) is 31.1 Å². The second-order valence-electron chi connectivity index (χ2n) is 7.27. The van der Waals surface area contributed by atoms with Crippen LogP contribution >= 0.6 is 11.6 Å². The number of hydrogen-bond acceptors (Lipinski definition) is 3. The highest BCUT2D eigenvalue weighted by Crippen LogP contribution is 2.24. The maximum atomic E-state index is 12.4. The third kappa shape index (κ3) is 3.57. The van der Waals surface area contributed by atoms with Crippen LogP contribution in [0.25, 0.3) is 10.9 Å². The Hall–Kier alpha value is -2.37. The minimum absolute atomic E-state index is 0.0601. The summed E-state index contributed by atoms with van der Waals surface area (Å²) in [7, 11) is 0. The summed E-state index contributed by atoms with van der Waals surface area (Å²) in [5.41, 5.74) is 3.16. The Bertz CT molecular complexity index is 1020. The van der Waals surface area contributed by atoms with Crippen LogP contribution in [0.2, 0.25) is 5.02 Å². The fourth-order valence-electron chi connectivity index (χ4n) is 3.89. The first-order chi connectivity index (χ1) is 13.0. The molecule has 6 heteroatoms.